The molecule has 0 fully saturated rings. The van der Waals surface area contributed by atoms with Gasteiger partial charge in [-0.15, -0.1) is 11.8 Å². The molecular formula is C18H17Cl2N3OS. The molecule has 1 atom stereocenters. The number of hydrogen-bond acceptors (Lipinski definition) is 4. The van der Waals surface area contributed by atoms with Gasteiger partial charge in [0.2, 0.25) is 5.91 Å². The molecule has 130 valence electrons. The molecule has 2 aromatic carbocycles. The van der Waals surface area contributed by atoms with Gasteiger partial charge in [0.05, 0.1) is 24.1 Å². The van der Waals surface area contributed by atoms with E-state index in [2.05, 4.69) is 16.7 Å². The van der Waals surface area contributed by atoms with Crippen molar-refractivity contribution in [3.8, 4) is 6.07 Å². The summed E-state index contributed by atoms with van der Waals surface area (Å²) in [7, 11) is 0. The maximum Gasteiger partial charge on any atom is 0.238 e. The number of nitrogens with zero attached hydrogens (tertiary/aromatic N) is 1. The van der Waals surface area contributed by atoms with Crippen LogP contribution in [0.1, 0.15) is 18.5 Å². The van der Waals surface area contributed by atoms with E-state index in [0.29, 0.717) is 21.5 Å². The quantitative estimate of drug-likeness (QED) is 0.656. The number of carbonyl (C=O) groups excluding carboxylic acids is 1. The topological polar surface area (TPSA) is 64.9 Å². The first kappa shape index (κ1) is 19.6. The molecule has 0 heterocycles. The minimum atomic E-state index is -0.165. The highest BCUT2D eigenvalue weighted by Gasteiger charge is 2.12. The van der Waals surface area contributed by atoms with Gasteiger partial charge in [-0.1, -0.05) is 41.4 Å². The summed E-state index contributed by atoms with van der Waals surface area (Å²) in [4.78, 5) is 13.1. The first-order chi connectivity index (χ1) is 12.0. The normalized spacial score (nSPS) is 11.6. The van der Waals surface area contributed by atoms with Crippen molar-refractivity contribution in [2.45, 2.75) is 17.9 Å². The molecular weight excluding hydrogens is 377 g/mol. The molecule has 2 N–H and O–H groups in total. The molecule has 0 spiro atoms. The molecule has 0 aliphatic heterocycles. The van der Waals surface area contributed by atoms with Gasteiger partial charge in [-0.05, 0) is 36.8 Å². The van der Waals surface area contributed by atoms with Crippen molar-refractivity contribution < 1.29 is 4.79 Å². The van der Waals surface area contributed by atoms with Gasteiger partial charge in [-0.3, -0.25) is 4.79 Å². The van der Waals surface area contributed by atoms with Crippen molar-refractivity contribution in [2.24, 2.45) is 0 Å². The second-order valence-electron chi connectivity index (χ2n) is 5.26. The second kappa shape index (κ2) is 9.69. The Bertz CT molecular complexity index is 792. The molecule has 0 bridgehead atoms. The van der Waals surface area contributed by atoms with E-state index in [1.54, 1.807) is 12.1 Å². The molecule has 0 aliphatic rings. The fourth-order valence-electron chi connectivity index (χ4n) is 2.21. The Kier molecular flexibility index (Phi) is 7.60. The third-order valence-electron chi connectivity index (χ3n) is 3.45. The van der Waals surface area contributed by atoms with Crippen LogP contribution in [0.4, 0.5) is 5.69 Å². The Morgan fingerprint density at radius 2 is 2.04 bits per heavy atom. The number of nitriles is 1. The summed E-state index contributed by atoms with van der Waals surface area (Å²) in [6.45, 7) is 2.07. The minimum absolute atomic E-state index is 0.0984. The van der Waals surface area contributed by atoms with Crippen molar-refractivity contribution in [2.75, 3.05) is 17.6 Å². The fraction of sp³-hybridized carbons (Fsp3) is 0.222. The predicted octanol–water partition coefficient (Wildman–Crippen LogP) is 4.90. The zero-order valence-electron chi connectivity index (χ0n) is 13.6. The Morgan fingerprint density at radius 1 is 1.28 bits per heavy atom. The summed E-state index contributed by atoms with van der Waals surface area (Å²) in [5.74, 6) is 0.166. The Morgan fingerprint density at radius 3 is 2.76 bits per heavy atom. The van der Waals surface area contributed by atoms with E-state index in [1.165, 1.54) is 11.8 Å². The molecule has 2 aromatic rings. The molecule has 0 saturated carbocycles. The molecule has 0 saturated heterocycles. The van der Waals surface area contributed by atoms with Crippen LogP contribution in [0.3, 0.4) is 0 Å². The largest absolute Gasteiger partial charge is 0.324 e. The molecule has 4 nitrogen and oxygen atoms in total. The molecule has 0 unspecified atom stereocenters. The first-order valence-corrected chi connectivity index (χ1v) is 9.32. The Balaban J connectivity index is 1.94. The number of carbonyl (C=O) groups is 1. The van der Waals surface area contributed by atoms with E-state index in [-0.39, 0.29) is 18.5 Å². The third kappa shape index (κ3) is 5.94. The van der Waals surface area contributed by atoms with Crippen molar-refractivity contribution in [1.29, 1.82) is 5.26 Å². The summed E-state index contributed by atoms with van der Waals surface area (Å²) in [6.07, 6.45) is 0. The number of halogens is 2. The highest BCUT2D eigenvalue weighted by Crippen LogP contribution is 2.27. The van der Waals surface area contributed by atoms with E-state index >= 15 is 0 Å². The van der Waals surface area contributed by atoms with Crippen LogP contribution in [-0.4, -0.2) is 18.2 Å². The minimum Gasteiger partial charge on any atom is -0.324 e. The summed E-state index contributed by atoms with van der Waals surface area (Å²) >= 11 is 13.5. The van der Waals surface area contributed by atoms with Crippen molar-refractivity contribution in [3.05, 3.63) is 58.1 Å². The number of benzene rings is 2. The first-order valence-electron chi connectivity index (χ1n) is 7.58. The van der Waals surface area contributed by atoms with Gasteiger partial charge in [-0.25, -0.2) is 0 Å². The zero-order chi connectivity index (χ0) is 18.2. The lowest BCUT2D eigenvalue weighted by Gasteiger charge is -2.16. The van der Waals surface area contributed by atoms with Crippen LogP contribution in [0.2, 0.25) is 10.0 Å². The van der Waals surface area contributed by atoms with Crippen LogP contribution in [-0.2, 0) is 4.79 Å². The summed E-state index contributed by atoms with van der Waals surface area (Å²) < 4.78 is 0. The van der Waals surface area contributed by atoms with Crippen LogP contribution in [0.5, 0.6) is 0 Å². The molecule has 1 amide bonds. The Labute approximate surface area is 161 Å². The number of amides is 1. The lowest BCUT2D eigenvalue weighted by atomic mass is 10.1. The number of thioether (sulfide) groups is 1. The number of para-hydroxylation sites is 1. The molecule has 7 heteroatoms. The molecule has 0 aliphatic carbocycles. The number of nitrogens with one attached hydrogen (secondary N) is 2. The van der Waals surface area contributed by atoms with Gasteiger partial charge in [0.1, 0.15) is 0 Å². The third-order valence-corrected chi connectivity index (χ3v) is 4.95. The number of anilines is 1. The summed E-state index contributed by atoms with van der Waals surface area (Å²) in [5.41, 5.74) is 1.58. The van der Waals surface area contributed by atoms with Crippen LogP contribution in [0.25, 0.3) is 0 Å². The Hall–Kier alpha value is -1.71. The molecule has 2 rings (SSSR count). The lowest BCUT2D eigenvalue weighted by molar-refractivity contribution is -0.115. The van der Waals surface area contributed by atoms with Gasteiger partial charge in [0.15, 0.2) is 0 Å². The zero-order valence-corrected chi connectivity index (χ0v) is 15.9. The van der Waals surface area contributed by atoms with Crippen molar-refractivity contribution in [3.63, 3.8) is 0 Å². The summed E-state index contributed by atoms with van der Waals surface area (Å²) in [6, 6.07) is 14.7. The predicted molar refractivity (Wildman–Crippen MR) is 104 cm³/mol. The van der Waals surface area contributed by atoms with Gasteiger partial charge in [0, 0.05) is 21.0 Å². The molecule has 25 heavy (non-hydrogen) atoms. The average Bonchev–Trinajstić information content (AvgIpc) is 2.59. The lowest BCUT2D eigenvalue weighted by Crippen LogP contribution is -2.30. The van der Waals surface area contributed by atoms with Crippen molar-refractivity contribution in [1.82, 2.24) is 5.32 Å². The van der Waals surface area contributed by atoms with E-state index in [9.17, 15) is 4.79 Å². The van der Waals surface area contributed by atoms with E-state index in [1.807, 2.05) is 37.3 Å². The van der Waals surface area contributed by atoms with Crippen molar-refractivity contribution >= 4 is 46.6 Å². The maximum absolute atomic E-state index is 12.2. The van der Waals surface area contributed by atoms with E-state index in [4.69, 9.17) is 28.5 Å². The van der Waals surface area contributed by atoms with E-state index < -0.39 is 0 Å². The van der Waals surface area contributed by atoms with Gasteiger partial charge < -0.3 is 10.6 Å². The second-order valence-corrected chi connectivity index (χ2v) is 7.12. The van der Waals surface area contributed by atoms with Crippen LogP contribution in [0.15, 0.2) is 47.4 Å². The van der Waals surface area contributed by atoms with Gasteiger partial charge in [0.25, 0.3) is 0 Å². The highest BCUT2D eigenvalue weighted by atomic mass is 35.5. The van der Waals surface area contributed by atoms with E-state index in [0.717, 1.165) is 10.5 Å². The molecule has 0 aromatic heterocycles. The number of hydrogen-bond donors (Lipinski definition) is 2. The SMILES string of the molecule is C[C@@H](NCC(=O)Nc1ccccc1SCC#N)c1ccc(Cl)cc1Cl. The number of rotatable bonds is 7. The highest BCUT2D eigenvalue weighted by molar-refractivity contribution is 7.99. The van der Waals surface area contributed by atoms with Gasteiger partial charge in [-0.2, -0.15) is 5.26 Å². The standard InChI is InChI=1S/C18H17Cl2N3OS/c1-12(14-7-6-13(19)10-15(14)20)22-11-18(24)23-16-4-2-3-5-17(16)25-9-8-21/h2-7,10,12,22H,9,11H2,1H3,(H,23,24)/t12-/m1/s1. The fourth-order valence-corrected chi connectivity index (χ4v) is 3.45. The maximum atomic E-state index is 12.2. The van der Waals surface area contributed by atoms with Crippen LogP contribution >= 0.6 is 35.0 Å². The monoisotopic (exact) mass is 393 g/mol. The van der Waals surface area contributed by atoms with Crippen LogP contribution in [0, 0.1) is 11.3 Å². The summed E-state index contributed by atoms with van der Waals surface area (Å²) in [5, 5.41) is 15.8. The smallest absolute Gasteiger partial charge is 0.238 e. The average molecular weight is 394 g/mol. The van der Waals surface area contributed by atoms with Gasteiger partial charge >= 0.3 is 0 Å². The van der Waals surface area contributed by atoms with Crippen LogP contribution < -0.4 is 10.6 Å². The molecule has 0 radical (unpaired) electrons.